The van der Waals surface area contributed by atoms with E-state index in [2.05, 4.69) is 51.8 Å². The molecule has 0 aliphatic carbocycles. The second kappa shape index (κ2) is 12.3. The first-order chi connectivity index (χ1) is 11.2. The molecule has 0 spiro atoms. The first-order valence-corrected chi connectivity index (χ1v) is 9.20. The van der Waals surface area contributed by atoms with E-state index in [0.29, 0.717) is 6.54 Å². The van der Waals surface area contributed by atoms with Gasteiger partial charge in [0.25, 0.3) is 0 Å². The molecule has 0 aromatic carbocycles. The highest BCUT2D eigenvalue weighted by Gasteiger charge is 2.02. The molecule has 0 atom stereocenters. The van der Waals surface area contributed by atoms with Crippen molar-refractivity contribution in [2.75, 3.05) is 46.9 Å². The highest BCUT2D eigenvalue weighted by Crippen LogP contribution is 2.10. The largest absolute Gasteiger partial charge is 0.385 e. The van der Waals surface area contributed by atoms with Crippen molar-refractivity contribution >= 4 is 17.3 Å². The summed E-state index contributed by atoms with van der Waals surface area (Å²) in [4.78, 5) is 11.4. The van der Waals surface area contributed by atoms with Gasteiger partial charge in [-0.3, -0.25) is 0 Å². The van der Waals surface area contributed by atoms with Crippen LogP contribution in [0.4, 0.5) is 0 Å². The number of aryl methyl sites for hydroxylation is 1. The molecule has 6 nitrogen and oxygen atoms in total. The van der Waals surface area contributed by atoms with Crippen LogP contribution >= 0.6 is 11.3 Å². The Morgan fingerprint density at radius 1 is 1.35 bits per heavy atom. The van der Waals surface area contributed by atoms with Gasteiger partial charge in [0.15, 0.2) is 5.96 Å². The topological polar surface area (TPSA) is 61.8 Å². The minimum atomic E-state index is 0.621. The van der Waals surface area contributed by atoms with Crippen LogP contribution in [0.15, 0.2) is 10.4 Å². The molecule has 0 fully saturated rings. The summed E-state index contributed by atoms with van der Waals surface area (Å²) in [7, 11) is 3.87. The van der Waals surface area contributed by atoms with E-state index < -0.39 is 0 Å². The van der Waals surface area contributed by atoms with E-state index in [0.717, 1.165) is 57.3 Å². The van der Waals surface area contributed by atoms with Crippen LogP contribution in [-0.4, -0.2) is 62.8 Å². The molecule has 0 saturated heterocycles. The number of aromatic nitrogens is 1. The monoisotopic (exact) mass is 341 g/mol. The van der Waals surface area contributed by atoms with E-state index in [1.54, 1.807) is 18.4 Å². The van der Waals surface area contributed by atoms with Gasteiger partial charge in [0, 0.05) is 45.3 Å². The van der Waals surface area contributed by atoms with Crippen LogP contribution in [0, 0.1) is 0 Å². The lowest BCUT2D eigenvalue weighted by Gasteiger charge is -2.18. The molecule has 0 unspecified atom stereocenters. The Morgan fingerprint density at radius 2 is 2.17 bits per heavy atom. The van der Waals surface area contributed by atoms with Crippen LogP contribution < -0.4 is 10.6 Å². The van der Waals surface area contributed by atoms with Gasteiger partial charge in [-0.05, 0) is 26.8 Å². The summed E-state index contributed by atoms with van der Waals surface area (Å²) in [5, 5.41) is 9.92. The van der Waals surface area contributed by atoms with Gasteiger partial charge >= 0.3 is 0 Å². The molecule has 0 radical (unpaired) electrons. The zero-order valence-electron chi connectivity index (χ0n) is 14.9. The second-order valence-electron chi connectivity index (χ2n) is 5.36. The van der Waals surface area contributed by atoms with Crippen LogP contribution in [0.1, 0.15) is 31.0 Å². The Bertz CT molecular complexity index is 449. The average Bonchev–Trinajstić information content (AvgIpc) is 3.01. The number of guanidine groups is 1. The molecular formula is C16H31N5OS. The standard InChI is InChI=1S/C16H31N5OS/c1-5-15-20-14(13-23-15)12-19-16(17-6-2)18-8-10-21(3)9-7-11-22-4/h13H,5-12H2,1-4H3,(H2,17,18,19). The Hall–Kier alpha value is -1.18. The molecule has 132 valence electrons. The van der Waals surface area contributed by atoms with E-state index in [-0.39, 0.29) is 0 Å². The fourth-order valence-corrected chi connectivity index (χ4v) is 2.78. The van der Waals surface area contributed by atoms with Crippen molar-refractivity contribution < 1.29 is 4.74 Å². The number of hydrogen-bond donors (Lipinski definition) is 2. The fourth-order valence-electron chi connectivity index (χ4n) is 2.04. The summed E-state index contributed by atoms with van der Waals surface area (Å²) < 4.78 is 5.07. The van der Waals surface area contributed by atoms with Gasteiger partial charge in [0.05, 0.1) is 17.2 Å². The lowest BCUT2D eigenvalue weighted by Crippen LogP contribution is -2.41. The van der Waals surface area contributed by atoms with Crippen molar-refractivity contribution in [2.45, 2.75) is 33.2 Å². The Morgan fingerprint density at radius 3 is 2.83 bits per heavy atom. The highest BCUT2D eigenvalue weighted by molar-refractivity contribution is 7.09. The first kappa shape index (κ1) is 19.9. The zero-order valence-corrected chi connectivity index (χ0v) is 15.7. The summed E-state index contributed by atoms with van der Waals surface area (Å²) in [6.45, 7) is 9.38. The van der Waals surface area contributed by atoms with E-state index in [9.17, 15) is 0 Å². The van der Waals surface area contributed by atoms with E-state index in [4.69, 9.17) is 4.74 Å². The summed E-state index contributed by atoms with van der Waals surface area (Å²) in [6, 6.07) is 0. The Kier molecular flexibility index (Phi) is 10.6. The third kappa shape index (κ3) is 8.88. The number of ether oxygens (including phenoxy) is 1. The lowest BCUT2D eigenvalue weighted by atomic mass is 10.4. The number of rotatable bonds is 11. The van der Waals surface area contributed by atoms with Crippen molar-refractivity contribution in [1.82, 2.24) is 20.5 Å². The predicted molar refractivity (Wildman–Crippen MR) is 98.3 cm³/mol. The Balaban J connectivity index is 2.34. The van der Waals surface area contributed by atoms with Crippen LogP contribution in [0.25, 0.3) is 0 Å². The van der Waals surface area contributed by atoms with Crippen LogP contribution in [0.2, 0.25) is 0 Å². The summed E-state index contributed by atoms with van der Waals surface area (Å²) in [5.74, 6) is 0.851. The van der Waals surface area contributed by atoms with Gasteiger partial charge in [-0.15, -0.1) is 11.3 Å². The van der Waals surface area contributed by atoms with Gasteiger partial charge in [0.1, 0.15) is 0 Å². The molecule has 0 bridgehead atoms. The number of methoxy groups -OCH3 is 1. The maximum Gasteiger partial charge on any atom is 0.191 e. The minimum absolute atomic E-state index is 0.621. The summed E-state index contributed by atoms with van der Waals surface area (Å²) in [5.41, 5.74) is 1.04. The van der Waals surface area contributed by atoms with E-state index in [1.165, 1.54) is 5.01 Å². The van der Waals surface area contributed by atoms with Crippen molar-refractivity contribution in [3.63, 3.8) is 0 Å². The molecule has 7 heteroatoms. The van der Waals surface area contributed by atoms with Crippen molar-refractivity contribution in [2.24, 2.45) is 4.99 Å². The molecule has 0 aliphatic heterocycles. The number of nitrogens with one attached hydrogen (secondary N) is 2. The summed E-state index contributed by atoms with van der Waals surface area (Å²) >= 11 is 1.71. The van der Waals surface area contributed by atoms with Crippen LogP contribution in [0.5, 0.6) is 0 Å². The molecule has 0 saturated carbocycles. The molecule has 0 amide bonds. The van der Waals surface area contributed by atoms with Crippen molar-refractivity contribution in [1.29, 1.82) is 0 Å². The lowest BCUT2D eigenvalue weighted by molar-refractivity contribution is 0.180. The number of likely N-dealkylation sites (N-methyl/N-ethyl adjacent to an activating group) is 1. The molecule has 1 rings (SSSR count). The highest BCUT2D eigenvalue weighted by atomic mass is 32.1. The molecule has 1 aromatic rings. The normalized spacial score (nSPS) is 12.0. The van der Waals surface area contributed by atoms with Crippen LogP contribution in [0.3, 0.4) is 0 Å². The molecule has 2 N–H and O–H groups in total. The van der Waals surface area contributed by atoms with Crippen molar-refractivity contribution in [3.05, 3.63) is 16.1 Å². The SMILES string of the molecule is CCNC(=NCc1csc(CC)n1)NCCN(C)CCCOC. The summed E-state index contributed by atoms with van der Waals surface area (Å²) in [6.07, 6.45) is 2.05. The van der Waals surface area contributed by atoms with Crippen molar-refractivity contribution in [3.8, 4) is 0 Å². The molecular weight excluding hydrogens is 310 g/mol. The maximum atomic E-state index is 5.07. The van der Waals surface area contributed by atoms with Gasteiger partial charge in [-0.1, -0.05) is 6.92 Å². The molecule has 1 heterocycles. The number of nitrogens with zero attached hydrogens (tertiary/aromatic N) is 3. The minimum Gasteiger partial charge on any atom is -0.385 e. The van der Waals surface area contributed by atoms with Gasteiger partial charge < -0.3 is 20.3 Å². The number of aliphatic imine (C=N–C) groups is 1. The first-order valence-electron chi connectivity index (χ1n) is 8.32. The van der Waals surface area contributed by atoms with E-state index >= 15 is 0 Å². The van der Waals surface area contributed by atoms with Crippen LogP contribution in [-0.2, 0) is 17.7 Å². The van der Waals surface area contributed by atoms with Gasteiger partial charge in [-0.25, -0.2) is 9.98 Å². The molecule has 23 heavy (non-hydrogen) atoms. The zero-order chi connectivity index (χ0) is 16.9. The van der Waals surface area contributed by atoms with Gasteiger partial charge in [0.2, 0.25) is 0 Å². The maximum absolute atomic E-state index is 5.07. The smallest absolute Gasteiger partial charge is 0.191 e. The third-order valence-corrected chi connectivity index (χ3v) is 4.36. The molecule has 0 aliphatic rings. The third-order valence-electron chi connectivity index (χ3n) is 3.32. The van der Waals surface area contributed by atoms with E-state index in [1.807, 2.05) is 0 Å². The number of hydrogen-bond acceptors (Lipinski definition) is 5. The quantitative estimate of drug-likeness (QED) is 0.365. The number of thiazole rings is 1. The second-order valence-corrected chi connectivity index (χ2v) is 6.30. The Labute approximate surface area is 144 Å². The molecule has 1 aromatic heterocycles. The van der Waals surface area contributed by atoms with Gasteiger partial charge in [-0.2, -0.15) is 0 Å². The predicted octanol–water partition coefficient (Wildman–Crippen LogP) is 1.73. The fraction of sp³-hybridized carbons (Fsp3) is 0.750. The average molecular weight is 342 g/mol.